The molecule has 1 unspecified atom stereocenters. The summed E-state index contributed by atoms with van der Waals surface area (Å²) < 4.78 is 56.3. The molecule has 0 heterocycles. The van der Waals surface area contributed by atoms with Crippen LogP contribution in [0.1, 0.15) is 26.7 Å². The molecule has 0 saturated carbocycles. The van der Waals surface area contributed by atoms with Crippen molar-refractivity contribution in [3.63, 3.8) is 0 Å². The third-order valence-corrected chi connectivity index (χ3v) is 8.81. The zero-order valence-electron chi connectivity index (χ0n) is 24.9. The summed E-state index contributed by atoms with van der Waals surface area (Å²) in [5.41, 5.74) is -0.0542. The van der Waals surface area contributed by atoms with Gasteiger partial charge in [-0.2, -0.15) is 0 Å². The summed E-state index contributed by atoms with van der Waals surface area (Å²) in [5.74, 6) is -9.01. The summed E-state index contributed by atoms with van der Waals surface area (Å²) in [5, 5.41) is 6.66. The fourth-order valence-electron chi connectivity index (χ4n) is 4.46. The van der Waals surface area contributed by atoms with E-state index in [9.17, 15) is 31.9 Å². The Balaban J connectivity index is 1.37. The minimum absolute atomic E-state index is 0.0476. The summed E-state index contributed by atoms with van der Waals surface area (Å²) >= 11 is 13.6. The Kier molecular flexibility index (Phi) is 11.4. The molecule has 0 aliphatic heterocycles. The molecule has 0 radical (unpaired) electrons. The lowest BCUT2D eigenvalue weighted by Gasteiger charge is -2.18. The van der Waals surface area contributed by atoms with E-state index in [4.69, 9.17) is 23.2 Å². The van der Waals surface area contributed by atoms with Gasteiger partial charge in [0.25, 0.3) is 11.8 Å². The predicted molar refractivity (Wildman–Crippen MR) is 183 cm³/mol. The number of carbonyl (C=O) groups is 3. The zero-order chi connectivity index (χ0) is 35.1. The summed E-state index contributed by atoms with van der Waals surface area (Å²) in [4.78, 5) is 40.2. The molecule has 1 atom stereocenters. The molecule has 5 aromatic carbocycles. The topological polar surface area (TPSA) is 87.3 Å². The van der Waals surface area contributed by atoms with E-state index in [0.29, 0.717) is 27.3 Å². The van der Waals surface area contributed by atoms with Gasteiger partial charge in [0.15, 0.2) is 23.3 Å². The van der Waals surface area contributed by atoms with E-state index in [-0.39, 0.29) is 21.8 Å². The second kappa shape index (κ2) is 15.9. The highest BCUT2D eigenvalue weighted by molar-refractivity contribution is 8.00. The Hall–Kier alpha value is -5.10. The standard InChI is InChI=1S/C36H23Cl2F4N3O3S/c37-25-12-7-13-26(38)24(25)18-29(44-34(46)21-10-5-2-6-11-21)35(47)43-22-14-16-23(17-15-22)49-33(20-8-3-1-4-9-20)36(48)45-32-30(41)27(39)19-28(40)31(32)42/h1-19,33H,(H,43,47)(H,44,46)(H,45,48)/b29-18-. The molecule has 6 nitrogen and oxygen atoms in total. The van der Waals surface area contributed by atoms with Crippen LogP contribution in [0.15, 0.2) is 120 Å². The number of amides is 3. The Morgan fingerprint density at radius 3 is 1.86 bits per heavy atom. The van der Waals surface area contributed by atoms with E-state index in [1.54, 1.807) is 91.0 Å². The highest BCUT2D eigenvalue weighted by Gasteiger charge is 2.27. The van der Waals surface area contributed by atoms with Gasteiger partial charge < -0.3 is 16.0 Å². The number of rotatable bonds is 10. The highest BCUT2D eigenvalue weighted by Crippen LogP contribution is 2.37. The molecule has 0 aliphatic rings. The monoisotopic (exact) mass is 723 g/mol. The maximum Gasteiger partial charge on any atom is 0.272 e. The molecule has 0 spiro atoms. The molecule has 0 aromatic heterocycles. The number of carbonyl (C=O) groups excluding carboxylic acids is 3. The fraction of sp³-hybridized carbons (Fsp3) is 0.0278. The lowest BCUT2D eigenvalue weighted by molar-refractivity contribution is -0.116. The molecule has 0 fully saturated rings. The van der Waals surface area contributed by atoms with Crippen LogP contribution in [0.3, 0.4) is 0 Å². The molecule has 13 heteroatoms. The second-order valence-electron chi connectivity index (χ2n) is 10.2. The van der Waals surface area contributed by atoms with E-state index in [2.05, 4.69) is 10.6 Å². The lowest BCUT2D eigenvalue weighted by atomic mass is 10.1. The minimum atomic E-state index is -1.74. The Bertz CT molecular complexity index is 2000. The van der Waals surface area contributed by atoms with Crippen LogP contribution in [0.25, 0.3) is 6.08 Å². The van der Waals surface area contributed by atoms with Crippen LogP contribution < -0.4 is 16.0 Å². The van der Waals surface area contributed by atoms with Crippen molar-refractivity contribution in [1.82, 2.24) is 5.32 Å². The van der Waals surface area contributed by atoms with Crippen molar-refractivity contribution in [2.75, 3.05) is 10.6 Å². The number of anilines is 2. The first-order valence-electron chi connectivity index (χ1n) is 14.3. The third kappa shape index (κ3) is 8.69. The van der Waals surface area contributed by atoms with Crippen molar-refractivity contribution in [2.45, 2.75) is 10.1 Å². The van der Waals surface area contributed by atoms with Crippen molar-refractivity contribution in [1.29, 1.82) is 0 Å². The number of nitrogens with one attached hydrogen (secondary N) is 3. The molecule has 0 saturated heterocycles. The first-order chi connectivity index (χ1) is 23.5. The summed E-state index contributed by atoms with van der Waals surface area (Å²) in [7, 11) is 0. The largest absolute Gasteiger partial charge is 0.321 e. The Morgan fingerprint density at radius 1 is 0.694 bits per heavy atom. The van der Waals surface area contributed by atoms with Crippen LogP contribution in [0.4, 0.5) is 28.9 Å². The van der Waals surface area contributed by atoms with Gasteiger partial charge in [-0.1, -0.05) is 77.8 Å². The maximum absolute atomic E-state index is 14.3. The molecule has 0 aliphatic carbocycles. The SMILES string of the molecule is O=C(Nc1ccc(SC(C(=O)Nc2c(F)c(F)cc(F)c2F)c2ccccc2)cc1)/C(=C/c1c(Cl)cccc1Cl)NC(=O)c1ccccc1. The van der Waals surface area contributed by atoms with Crippen LogP contribution in [-0.4, -0.2) is 17.7 Å². The van der Waals surface area contributed by atoms with Gasteiger partial charge in [0.2, 0.25) is 5.91 Å². The van der Waals surface area contributed by atoms with Gasteiger partial charge in [0.05, 0.1) is 0 Å². The van der Waals surface area contributed by atoms with E-state index in [0.717, 1.165) is 11.8 Å². The van der Waals surface area contributed by atoms with Gasteiger partial charge in [-0.05, 0) is 60.2 Å². The van der Waals surface area contributed by atoms with E-state index in [1.165, 1.54) is 18.2 Å². The molecule has 0 bridgehead atoms. The third-order valence-electron chi connectivity index (χ3n) is 6.88. The van der Waals surface area contributed by atoms with Gasteiger partial charge >= 0.3 is 0 Å². The molecule has 5 aromatic rings. The van der Waals surface area contributed by atoms with Crippen LogP contribution >= 0.6 is 35.0 Å². The molecule has 5 rings (SSSR count). The molecular weight excluding hydrogens is 701 g/mol. The van der Waals surface area contributed by atoms with Crippen LogP contribution in [0, 0.1) is 23.3 Å². The maximum atomic E-state index is 14.3. The molecule has 3 N–H and O–H groups in total. The van der Waals surface area contributed by atoms with Crippen LogP contribution in [0.5, 0.6) is 0 Å². The lowest BCUT2D eigenvalue weighted by Crippen LogP contribution is -2.30. The number of hydrogen-bond donors (Lipinski definition) is 3. The molecule has 248 valence electrons. The van der Waals surface area contributed by atoms with Crippen LogP contribution in [-0.2, 0) is 9.59 Å². The zero-order valence-corrected chi connectivity index (χ0v) is 27.3. The Labute approximate surface area is 292 Å². The molecular formula is C36H23Cl2F4N3O3S. The fourth-order valence-corrected chi connectivity index (χ4v) is 5.99. The summed E-state index contributed by atoms with van der Waals surface area (Å²) in [6.45, 7) is 0. The van der Waals surface area contributed by atoms with Gasteiger partial charge in [-0.15, -0.1) is 11.8 Å². The van der Waals surface area contributed by atoms with Crippen molar-refractivity contribution in [3.8, 4) is 0 Å². The number of hydrogen-bond acceptors (Lipinski definition) is 4. The number of halogens is 6. The predicted octanol–water partition coefficient (Wildman–Crippen LogP) is 9.43. The van der Waals surface area contributed by atoms with E-state index >= 15 is 0 Å². The highest BCUT2D eigenvalue weighted by atomic mass is 35.5. The summed E-state index contributed by atoms with van der Waals surface area (Å²) in [6, 6.07) is 27.5. The minimum Gasteiger partial charge on any atom is -0.321 e. The molecule has 3 amide bonds. The van der Waals surface area contributed by atoms with Crippen molar-refractivity contribution in [2.24, 2.45) is 0 Å². The van der Waals surface area contributed by atoms with Gasteiger partial charge in [-0.3, -0.25) is 14.4 Å². The van der Waals surface area contributed by atoms with Crippen molar-refractivity contribution < 1.29 is 31.9 Å². The Morgan fingerprint density at radius 2 is 1.27 bits per heavy atom. The first kappa shape index (κ1) is 35.2. The van der Waals surface area contributed by atoms with Crippen LogP contribution in [0.2, 0.25) is 10.0 Å². The van der Waals surface area contributed by atoms with Gasteiger partial charge in [-0.25, -0.2) is 17.6 Å². The quantitative estimate of drug-likeness (QED) is 0.0580. The normalized spacial score (nSPS) is 11.8. The average Bonchev–Trinajstić information content (AvgIpc) is 3.10. The number of benzene rings is 5. The second-order valence-corrected chi connectivity index (χ2v) is 12.2. The molecule has 49 heavy (non-hydrogen) atoms. The summed E-state index contributed by atoms with van der Waals surface area (Å²) in [6.07, 6.45) is 1.35. The van der Waals surface area contributed by atoms with E-state index < -0.39 is 51.9 Å². The van der Waals surface area contributed by atoms with E-state index in [1.807, 2.05) is 5.32 Å². The smallest absolute Gasteiger partial charge is 0.272 e. The van der Waals surface area contributed by atoms with Crippen molar-refractivity contribution in [3.05, 3.63) is 165 Å². The average molecular weight is 725 g/mol. The number of thioether (sulfide) groups is 1. The van der Waals surface area contributed by atoms with Gasteiger partial charge in [0, 0.05) is 37.8 Å². The first-order valence-corrected chi connectivity index (χ1v) is 15.9. The van der Waals surface area contributed by atoms with Gasteiger partial charge in [0.1, 0.15) is 16.6 Å². The van der Waals surface area contributed by atoms with Crippen molar-refractivity contribution >= 4 is 70.1 Å².